The standard InChI is InChI=1S/C15H22N4/c16-12-14-8-4-9-15(19-14)18-11-5-10-17-13-6-2-1-3-7-13/h4,8-9,13,17H,1-3,5-7,10-11H2,(H,18,19). The molecule has 0 amide bonds. The molecule has 4 nitrogen and oxygen atoms in total. The van der Waals surface area contributed by atoms with Gasteiger partial charge in [-0.1, -0.05) is 25.3 Å². The molecule has 0 radical (unpaired) electrons. The maximum atomic E-state index is 8.77. The van der Waals surface area contributed by atoms with Gasteiger partial charge in [0.1, 0.15) is 17.6 Å². The summed E-state index contributed by atoms with van der Waals surface area (Å²) in [5, 5.41) is 15.6. The second-order valence-electron chi connectivity index (χ2n) is 5.09. The van der Waals surface area contributed by atoms with Gasteiger partial charge in [-0.15, -0.1) is 0 Å². The van der Waals surface area contributed by atoms with Crippen molar-refractivity contribution in [3.8, 4) is 6.07 Å². The Morgan fingerprint density at radius 2 is 2.05 bits per heavy atom. The number of rotatable bonds is 6. The van der Waals surface area contributed by atoms with Gasteiger partial charge in [0, 0.05) is 12.6 Å². The Bertz CT molecular complexity index is 418. The lowest BCUT2D eigenvalue weighted by molar-refractivity contribution is 0.373. The molecular weight excluding hydrogens is 236 g/mol. The van der Waals surface area contributed by atoms with Gasteiger partial charge in [-0.3, -0.25) is 0 Å². The SMILES string of the molecule is N#Cc1cccc(NCCCNC2CCCCC2)n1. The third-order valence-corrected chi connectivity index (χ3v) is 3.56. The Hall–Kier alpha value is -1.60. The molecule has 1 aliphatic rings. The summed E-state index contributed by atoms with van der Waals surface area (Å²) in [6.45, 7) is 1.94. The van der Waals surface area contributed by atoms with E-state index in [0.29, 0.717) is 5.69 Å². The quantitative estimate of drug-likeness (QED) is 0.770. The first-order valence-electron chi connectivity index (χ1n) is 7.23. The molecule has 102 valence electrons. The Kier molecular flexibility index (Phi) is 5.64. The smallest absolute Gasteiger partial charge is 0.142 e. The highest BCUT2D eigenvalue weighted by Crippen LogP contribution is 2.17. The molecule has 0 aliphatic heterocycles. The van der Waals surface area contributed by atoms with Crippen LogP contribution < -0.4 is 10.6 Å². The van der Waals surface area contributed by atoms with Crippen molar-refractivity contribution < 1.29 is 0 Å². The van der Waals surface area contributed by atoms with Gasteiger partial charge in [0.2, 0.25) is 0 Å². The zero-order valence-corrected chi connectivity index (χ0v) is 11.4. The van der Waals surface area contributed by atoms with Crippen LogP contribution in [0.25, 0.3) is 0 Å². The van der Waals surface area contributed by atoms with E-state index in [1.54, 1.807) is 6.07 Å². The van der Waals surface area contributed by atoms with Crippen LogP contribution in [0.1, 0.15) is 44.2 Å². The van der Waals surface area contributed by atoms with E-state index in [2.05, 4.69) is 15.6 Å². The second kappa shape index (κ2) is 7.75. The summed E-state index contributed by atoms with van der Waals surface area (Å²) in [7, 11) is 0. The van der Waals surface area contributed by atoms with Gasteiger partial charge in [-0.2, -0.15) is 5.26 Å². The molecule has 1 aromatic rings. The van der Waals surface area contributed by atoms with Crippen LogP contribution in [0.4, 0.5) is 5.82 Å². The Morgan fingerprint density at radius 1 is 1.21 bits per heavy atom. The van der Waals surface area contributed by atoms with Crippen LogP contribution in [-0.2, 0) is 0 Å². The molecule has 0 atom stereocenters. The minimum absolute atomic E-state index is 0.463. The fourth-order valence-electron chi connectivity index (χ4n) is 2.51. The topological polar surface area (TPSA) is 60.7 Å². The predicted molar refractivity (Wildman–Crippen MR) is 76.9 cm³/mol. The van der Waals surface area contributed by atoms with Gasteiger partial charge in [-0.05, 0) is 37.9 Å². The van der Waals surface area contributed by atoms with Crippen molar-refractivity contribution in [2.45, 2.75) is 44.6 Å². The van der Waals surface area contributed by atoms with Crippen LogP contribution in [0.15, 0.2) is 18.2 Å². The number of hydrogen-bond acceptors (Lipinski definition) is 4. The van der Waals surface area contributed by atoms with Crippen LogP contribution in [0.5, 0.6) is 0 Å². The van der Waals surface area contributed by atoms with Gasteiger partial charge >= 0.3 is 0 Å². The summed E-state index contributed by atoms with van der Waals surface area (Å²) in [6.07, 6.45) is 7.90. The molecule has 0 aromatic carbocycles. The zero-order valence-electron chi connectivity index (χ0n) is 11.4. The van der Waals surface area contributed by atoms with Gasteiger partial charge < -0.3 is 10.6 Å². The van der Waals surface area contributed by atoms with Crippen LogP contribution >= 0.6 is 0 Å². The molecular formula is C15H22N4. The first-order chi connectivity index (χ1) is 9.38. The van der Waals surface area contributed by atoms with E-state index < -0.39 is 0 Å². The molecule has 4 heteroatoms. The van der Waals surface area contributed by atoms with E-state index in [4.69, 9.17) is 5.26 Å². The molecule has 0 spiro atoms. The molecule has 1 fully saturated rings. The lowest BCUT2D eigenvalue weighted by Crippen LogP contribution is -2.32. The first-order valence-corrected chi connectivity index (χ1v) is 7.23. The highest BCUT2D eigenvalue weighted by Gasteiger charge is 2.11. The lowest BCUT2D eigenvalue weighted by atomic mass is 9.95. The number of pyridine rings is 1. The molecule has 1 saturated carbocycles. The zero-order chi connectivity index (χ0) is 13.3. The average molecular weight is 258 g/mol. The second-order valence-corrected chi connectivity index (χ2v) is 5.09. The van der Waals surface area contributed by atoms with Crippen LogP contribution in [0.2, 0.25) is 0 Å². The van der Waals surface area contributed by atoms with Crippen molar-refractivity contribution in [3.63, 3.8) is 0 Å². The number of nitriles is 1. The van der Waals surface area contributed by atoms with Crippen LogP contribution in [0.3, 0.4) is 0 Å². The van der Waals surface area contributed by atoms with Gasteiger partial charge in [-0.25, -0.2) is 4.98 Å². The number of nitrogens with zero attached hydrogens (tertiary/aromatic N) is 2. The minimum Gasteiger partial charge on any atom is -0.370 e. The molecule has 19 heavy (non-hydrogen) atoms. The maximum absolute atomic E-state index is 8.77. The summed E-state index contributed by atoms with van der Waals surface area (Å²) in [5.74, 6) is 0.789. The third kappa shape index (κ3) is 4.88. The normalized spacial score (nSPS) is 15.9. The Morgan fingerprint density at radius 3 is 2.84 bits per heavy atom. The lowest BCUT2D eigenvalue weighted by Gasteiger charge is -2.22. The summed E-state index contributed by atoms with van der Waals surface area (Å²) in [4.78, 5) is 4.19. The maximum Gasteiger partial charge on any atom is 0.142 e. The van der Waals surface area contributed by atoms with Crippen molar-refractivity contribution in [1.82, 2.24) is 10.3 Å². The van der Waals surface area contributed by atoms with E-state index in [0.717, 1.165) is 31.4 Å². The summed E-state index contributed by atoms with van der Waals surface area (Å²) in [6, 6.07) is 8.25. The molecule has 0 bridgehead atoms. The average Bonchev–Trinajstić information content (AvgIpc) is 2.48. The number of aromatic nitrogens is 1. The molecule has 1 aliphatic carbocycles. The van der Waals surface area contributed by atoms with Crippen LogP contribution in [0, 0.1) is 11.3 Å². The highest BCUT2D eigenvalue weighted by atomic mass is 15.0. The van der Waals surface area contributed by atoms with Crippen molar-refractivity contribution in [2.75, 3.05) is 18.4 Å². The summed E-state index contributed by atoms with van der Waals surface area (Å²) in [5.41, 5.74) is 0.463. The summed E-state index contributed by atoms with van der Waals surface area (Å²) >= 11 is 0. The third-order valence-electron chi connectivity index (χ3n) is 3.56. The van der Waals surface area contributed by atoms with Crippen molar-refractivity contribution in [1.29, 1.82) is 5.26 Å². The van der Waals surface area contributed by atoms with E-state index in [9.17, 15) is 0 Å². The Labute approximate surface area is 115 Å². The van der Waals surface area contributed by atoms with E-state index in [1.807, 2.05) is 18.2 Å². The Balaban J connectivity index is 1.59. The minimum atomic E-state index is 0.463. The van der Waals surface area contributed by atoms with Gasteiger partial charge in [0.15, 0.2) is 0 Å². The van der Waals surface area contributed by atoms with E-state index in [1.165, 1.54) is 32.1 Å². The van der Waals surface area contributed by atoms with Crippen LogP contribution in [-0.4, -0.2) is 24.1 Å². The van der Waals surface area contributed by atoms with Gasteiger partial charge in [0.25, 0.3) is 0 Å². The van der Waals surface area contributed by atoms with Crippen molar-refractivity contribution >= 4 is 5.82 Å². The molecule has 0 unspecified atom stereocenters. The predicted octanol–water partition coefficient (Wildman–Crippen LogP) is 2.68. The largest absolute Gasteiger partial charge is 0.370 e. The molecule has 0 saturated heterocycles. The first kappa shape index (κ1) is 13.8. The highest BCUT2D eigenvalue weighted by molar-refractivity contribution is 5.38. The fraction of sp³-hybridized carbons (Fsp3) is 0.600. The number of hydrogen-bond donors (Lipinski definition) is 2. The molecule has 1 heterocycles. The van der Waals surface area contributed by atoms with E-state index >= 15 is 0 Å². The monoisotopic (exact) mass is 258 g/mol. The summed E-state index contributed by atoms with van der Waals surface area (Å²) < 4.78 is 0. The fourth-order valence-corrected chi connectivity index (χ4v) is 2.51. The van der Waals surface area contributed by atoms with Crippen molar-refractivity contribution in [2.24, 2.45) is 0 Å². The molecule has 2 rings (SSSR count). The molecule has 1 aromatic heterocycles. The number of anilines is 1. The van der Waals surface area contributed by atoms with Gasteiger partial charge in [0.05, 0.1) is 0 Å². The van der Waals surface area contributed by atoms with Crippen molar-refractivity contribution in [3.05, 3.63) is 23.9 Å². The molecule has 2 N–H and O–H groups in total. The number of nitrogens with one attached hydrogen (secondary N) is 2. The van der Waals surface area contributed by atoms with E-state index in [-0.39, 0.29) is 0 Å².